The highest BCUT2D eigenvalue weighted by Crippen LogP contribution is 2.36. The monoisotopic (exact) mass is 305 g/mol. The molecule has 18 heavy (non-hydrogen) atoms. The Balaban J connectivity index is 2.51. The van der Waals surface area contributed by atoms with Gasteiger partial charge in [0, 0.05) is 18.9 Å². The molecule has 2 rings (SSSR count). The summed E-state index contributed by atoms with van der Waals surface area (Å²) in [7, 11) is 2.01. The molecule has 0 spiro atoms. The topological polar surface area (TPSA) is 42.1 Å². The number of halogens is 1. The Labute approximate surface area is 116 Å². The van der Waals surface area contributed by atoms with Crippen LogP contribution in [0.4, 0.5) is 17.1 Å². The van der Waals surface area contributed by atoms with E-state index in [1.165, 1.54) is 11.1 Å². The number of hydrogen-bond acceptors (Lipinski definition) is 3. The predicted molar refractivity (Wildman–Crippen MR) is 80.3 cm³/mol. The van der Waals surface area contributed by atoms with Gasteiger partial charge in [-0.2, -0.15) is 0 Å². The Morgan fingerprint density at radius 1 is 1.22 bits per heavy atom. The maximum Gasteiger partial charge on any atom is 0.0817 e. The van der Waals surface area contributed by atoms with Crippen molar-refractivity contribution in [3.05, 3.63) is 46.2 Å². The zero-order valence-corrected chi connectivity index (χ0v) is 12.3. The maximum atomic E-state index is 6.01. The summed E-state index contributed by atoms with van der Waals surface area (Å²) < 4.78 is 0.893. The summed E-state index contributed by atoms with van der Waals surface area (Å²) in [6, 6.07) is 6.37. The second kappa shape index (κ2) is 4.98. The minimum Gasteiger partial charge on any atom is -0.396 e. The molecule has 2 aromatic rings. The van der Waals surface area contributed by atoms with Crippen LogP contribution in [0.1, 0.15) is 11.1 Å². The van der Waals surface area contributed by atoms with Crippen LogP contribution >= 0.6 is 15.9 Å². The Morgan fingerprint density at radius 3 is 2.56 bits per heavy atom. The molecule has 0 saturated carbocycles. The average molecular weight is 306 g/mol. The summed E-state index contributed by atoms with van der Waals surface area (Å²) in [6.45, 7) is 4.19. The van der Waals surface area contributed by atoms with Crippen LogP contribution in [0, 0.1) is 13.8 Å². The lowest BCUT2D eigenvalue weighted by atomic mass is 10.1. The van der Waals surface area contributed by atoms with E-state index in [1.54, 1.807) is 12.4 Å². The first kappa shape index (κ1) is 12.9. The molecular weight excluding hydrogens is 290 g/mol. The number of aromatic nitrogens is 1. The molecule has 0 aliphatic carbocycles. The van der Waals surface area contributed by atoms with Gasteiger partial charge in [0.25, 0.3) is 0 Å². The second-order valence-electron chi connectivity index (χ2n) is 4.41. The molecule has 0 saturated heterocycles. The number of aryl methyl sites for hydroxylation is 2. The van der Waals surface area contributed by atoms with E-state index in [2.05, 4.69) is 57.9 Å². The number of nitrogens with two attached hydrogens (primary N) is 1. The third kappa shape index (κ3) is 2.34. The van der Waals surface area contributed by atoms with E-state index < -0.39 is 0 Å². The van der Waals surface area contributed by atoms with Gasteiger partial charge in [-0.25, -0.2) is 0 Å². The first-order valence-electron chi connectivity index (χ1n) is 5.70. The summed E-state index contributed by atoms with van der Waals surface area (Å²) in [5.41, 5.74) is 11.2. The van der Waals surface area contributed by atoms with Crippen molar-refractivity contribution >= 4 is 33.0 Å². The van der Waals surface area contributed by atoms with Crippen LogP contribution in [-0.4, -0.2) is 12.0 Å². The van der Waals surface area contributed by atoms with Gasteiger partial charge in [-0.1, -0.05) is 17.7 Å². The van der Waals surface area contributed by atoms with Crippen molar-refractivity contribution in [1.29, 1.82) is 0 Å². The number of hydrogen-bond donors (Lipinski definition) is 1. The number of rotatable bonds is 2. The fourth-order valence-corrected chi connectivity index (χ4v) is 2.71. The fourth-order valence-electron chi connectivity index (χ4n) is 2.10. The summed E-state index contributed by atoms with van der Waals surface area (Å²) >= 11 is 3.50. The average Bonchev–Trinajstić information content (AvgIpc) is 2.28. The van der Waals surface area contributed by atoms with Crippen molar-refractivity contribution in [2.24, 2.45) is 0 Å². The van der Waals surface area contributed by atoms with Gasteiger partial charge in [0.2, 0.25) is 0 Å². The summed E-state index contributed by atoms with van der Waals surface area (Å²) in [4.78, 5) is 6.14. The third-order valence-corrected chi connectivity index (χ3v) is 3.53. The smallest absolute Gasteiger partial charge is 0.0817 e. The molecule has 94 valence electrons. The molecule has 1 aromatic carbocycles. The van der Waals surface area contributed by atoms with E-state index in [-0.39, 0.29) is 0 Å². The van der Waals surface area contributed by atoms with Gasteiger partial charge in [-0.15, -0.1) is 0 Å². The van der Waals surface area contributed by atoms with E-state index >= 15 is 0 Å². The number of pyridine rings is 1. The summed E-state index contributed by atoms with van der Waals surface area (Å²) in [5, 5.41) is 0. The van der Waals surface area contributed by atoms with Crippen LogP contribution in [0.15, 0.2) is 35.1 Å². The second-order valence-corrected chi connectivity index (χ2v) is 5.26. The van der Waals surface area contributed by atoms with Gasteiger partial charge in [0.15, 0.2) is 0 Å². The molecule has 0 bridgehead atoms. The molecule has 0 aliphatic heterocycles. The molecular formula is C14H16BrN3. The Morgan fingerprint density at radius 2 is 1.94 bits per heavy atom. The van der Waals surface area contributed by atoms with E-state index in [4.69, 9.17) is 5.73 Å². The zero-order chi connectivity index (χ0) is 13.3. The molecule has 0 unspecified atom stereocenters. The quantitative estimate of drug-likeness (QED) is 0.917. The van der Waals surface area contributed by atoms with Crippen LogP contribution in [0.3, 0.4) is 0 Å². The number of nitrogen functional groups attached to an aromatic ring is 1. The van der Waals surface area contributed by atoms with E-state index in [0.29, 0.717) is 5.69 Å². The Kier molecular flexibility index (Phi) is 3.57. The molecule has 4 heteroatoms. The lowest BCUT2D eigenvalue weighted by molar-refractivity contribution is 1.16. The lowest BCUT2D eigenvalue weighted by Crippen LogP contribution is -2.13. The molecule has 0 aliphatic rings. The molecule has 0 radical (unpaired) electrons. The van der Waals surface area contributed by atoms with Crippen molar-refractivity contribution in [3.63, 3.8) is 0 Å². The molecule has 2 N–H and O–H groups in total. The molecule has 0 atom stereocenters. The highest BCUT2D eigenvalue weighted by molar-refractivity contribution is 9.10. The van der Waals surface area contributed by atoms with Crippen LogP contribution in [0.2, 0.25) is 0 Å². The van der Waals surface area contributed by atoms with Gasteiger partial charge in [-0.05, 0) is 41.4 Å². The number of nitrogens with zero attached hydrogens (tertiary/aromatic N) is 2. The predicted octanol–water partition coefficient (Wildman–Crippen LogP) is 3.81. The van der Waals surface area contributed by atoms with Gasteiger partial charge in [-0.3, -0.25) is 4.98 Å². The highest BCUT2D eigenvalue weighted by atomic mass is 79.9. The molecule has 3 nitrogen and oxygen atoms in total. The van der Waals surface area contributed by atoms with Crippen LogP contribution in [0.25, 0.3) is 0 Å². The van der Waals surface area contributed by atoms with Gasteiger partial charge >= 0.3 is 0 Å². The van der Waals surface area contributed by atoms with Gasteiger partial charge in [0.05, 0.1) is 22.0 Å². The Hall–Kier alpha value is -1.55. The van der Waals surface area contributed by atoms with Crippen molar-refractivity contribution < 1.29 is 0 Å². The first-order valence-corrected chi connectivity index (χ1v) is 6.50. The molecule has 0 amide bonds. The fraction of sp³-hybridized carbons (Fsp3) is 0.214. The van der Waals surface area contributed by atoms with Crippen LogP contribution in [0.5, 0.6) is 0 Å². The van der Waals surface area contributed by atoms with Crippen LogP contribution in [-0.2, 0) is 0 Å². The van der Waals surface area contributed by atoms with Crippen molar-refractivity contribution in [3.8, 4) is 0 Å². The Bertz CT molecular complexity index is 561. The third-order valence-electron chi connectivity index (χ3n) is 2.95. The van der Waals surface area contributed by atoms with Crippen molar-refractivity contribution in [1.82, 2.24) is 4.98 Å². The van der Waals surface area contributed by atoms with Gasteiger partial charge in [0.1, 0.15) is 0 Å². The summed E-state index contributed by atoms with van der Waals surface area (Å²) in [6.07, 6.45) is 3.42. The van der Waals surface area contributed by atoms with Gasteiger partial charge < -0.3 is 10.6 Å². The minimum atomic E-state index is 0.659. The number of benzene rings is 1. The maximum absolute atomic E-state index is 6.01. The van der Waals surface area contributed by atoms with E-state index in [0.717, 1.165) is 15.8 Å². The standard InChI is InChI=1S/C14H16BrN3/c1-9-4-5-13(10(2)6-9)18(3)14-11(15)7-17-8-12(14)16/h4-8H,16H2,1-3H3. The SMILES string of the molecule is Cc1ccc(N(C)c2c(N)cncc2Br)c(C)c1. The highest BCUT2D eigenvalue weighted by Gasteiger charge is 2.13. The first-order chi connectivity index (χ1) is 8.50. The molecule has 1 aromatic heterocycles. The van der Waals surface area contributed by atoms with E-state index in [1.807, 2.05) is 7.05 Å². The molecule has 1 heterocycles. The van der Waals surface area contributed by atoms with Crippen molar-refractivity contribution in [2.75, 3.05) is 17.7 Å². The normalized spacial score (nSPS) is 10.4. The minimum absolute atomic E-state index is 0.659. The molecule has 0 fully saturated rings. The van der Waals surface area contributed by atoms with E-state index in [9.17, 15) is 0 Å². The van der Waals surface area contributed by atoms with Crippen LogP contribution < -0.4 is 10.6 Å². The lowest BCUT2D eigenvalue weighted by Gasteiger charge is -2.24. The zero-order valence-electron chi connectivity index (χ0n) is 10.7. The largest absolute Gasteiger partial charge is 0.396 e. The number of anilines is 3. The summed E-state index contributed by atoms with van der Waals surface area (Å²) in [5.74, 6) is 0. The van der Waals surface area contributed by atoms with Crippen molar-refractivity contribution in [2.45, 2.75) is 13.8 Å².